The van der Waals surface area contributed by atoms with E-state index in [1.54, 1.807) is 24.3 Å². The second-order valence-corrected chi connectivity index (χ2v) is 6.20. The molecule has 2 N–H and O–H groups in total. The van der Waals surface area contributed by atoms with Crippen LogP contribution >= 0.6 is 0 Å². The van der Waals surface area contributed by atoms with Gasteiger partial charge < -0.3 is 15.2 Å². The molecule has 3 rings (SSSR count). The van der Waals surface area contributed by atoms with Gasteiger partial charge in [0.25, 0.3) is 5.91 Å². The number of nitrogens with two attached hydrogens (primary N) is 1. The van der Waals surface area contributed by atoms with Gasteiger partial charge in [-0.25, -0.2) is 23.3 Å². The predicted octanol–water partition coefficient (Wildman–Crippen LogP) is 4.41. The van der Waals surface area contributed by atoms with Crippen molar-refractivity contribution in [3.05, 3.63) is 95.6 Å². The number of benzene rings is 3. The van der Waals surface area contributed by atoms with E-state index in [0.29, 0.717) is 4.90 Å². The molecule has 0 aliphatic heterocycles. The van der Waals surface area contributed by atoms with Gasteiger partial charge >= 0.3 is 12.2 Å². The van der Waals surface area contributed by atoms with Crippen LogP contribution in [0.4, 0.5) is 24.1 Å². The highest BCUT2D eigenvalue weighted by Gasteiger charge is 2.28. The van der Waals surface area contributed by atoms with Crippen LogP contribution in [-0.4, -0.2) is 18.1 Å². The minimum absolute atomic E-state index is 0.00984. The minimum Gasteiger partial charge on any atom is -0.429 e. The van der Waals surface area contributed by atoms with Crippen molar-refractivity contribution in [3.63, 3.8) is 0 Å². The molecule has 0 fully saturated rings. The van der Waals surface area contributed by atoms with E-state index in [2.05, 4.69) is 0 Å². The Kier molecular flexibility index (Phi) is 6.56. The van der Waals surface area contributed by atoms with Crippen molar-refractivity contribution in [2.45, 2.75) is 6.61 Å². The van der Waals surface area contributed by atoms with Gasteiger partial charge in [0.05, 0.1) is 5.69 Å². The zero-order valence-electron chi connectivity index (χ0n) is 16.0. The fourth-order valence-corrected chi connectivity index (χ4v) is 2.66. The Morgan fingerprint density at radius 3 is 2.03 bits per heavy atom. The smallest absolute Gasteiger partial charge is 0.429 e. The van der Waals surface area contributed by atoms with Crippen molar-refractivity contribution in [2.75, 3.05) is 4.90 Å². The van der Waals surface area contributed by atoms with Crippen molar-refractivity contribution >= 4 is 23.8 Å². The predicted molar refractivity (Wildman–Crippen MR) is 106 cm³/mol. The van der Waals surface area contributed by atoms with E-state index in [1.165, 1.54) is 24.3 Å². The highest BCUT2D eigenvalue weighted by Crippen LogP contribution is 2.23. The van der Waals surface area contributed by atoms with Gasteiger partial charge in [0.2, 0.25) is 0 Å². The Morgan fingerprint density at radius 2 is 1.45 bits per heavy atom. The molecule has 0 spiro atoms. The number of anilines is 1. The van der Waals surface area contributed by atoms with Crippen molar-refractivity contribution in [1.82, 2.24) is 0 Å². The summed E-state index contributed by atoms with van der Waals surface area (Å²) < 4.78 is 37.9. The maximum Gasteiger partial charge on any atom is 0.514 e. The summed E-state index contributed by atoms with van der Waals surface area (Å²) in [6.45, 7) is 0.00984. The lowest BCUT2D eigenvalue weighted by Crippen LogP contribution is -2.41. The van der Waals surface area contributed by atoms with Gasteiger partial charge in [0.1, 0.15) is 29.6 Å². The fraction of sp³-hybridized carbons (Fsp3) is 0.0455. The number of carbonyl (C=O) groups excluding carboxylic acids is 3. The van der Waals surface area contributed by atoms with Crippen LogP contribution in [0.3, 0.4) is 0 Å². The third-order valence-corrected chi connectivity index (χ3v) is 4.10. The molecule has 9 heteroatoms. The zero-order valence-corrected chi connectivity index (χ0v) is 16.0. The van der Waals surface area contributed by atoms with Gasteiger partial charge in [-0.3, -0.25) is 4.79 Å². The first-order valence-electron chi connectivity index (χ1n) is 8.93. The highest BCUT2D eigenvalue weighted by atomic mass is 19.1. The quantitative estimate of drug-likeness (QED) is 0.481. The topological polar surface area (TPSA) is 98.9 Å². The highest BCUT2D eigenvalue weighted by molar-refractivity contribution is 6.20. The first-order valence-corrected chi connectivity index (χ1v) is 8.93. The molecule has 0 aliphatic rings. The summed E-state index contributed by atoms with van der Waals surface area (Å²) >= 11 is 0. The number of halogens is 2. The molecule has 0 bridgehead atoms. The standard InChI is InChI=1S/C22H16F2N2O5/c23-17-7-4-8-18(24)19(17)20(27)26(21(25)28)15-9-11-16(12-10-15)31-22(29)30-13-14-5-2-1-3-6-14/h1-12H,13H2,(H2,25,28). The van der Waals surface area contributed by atoms with Crippen LogP contribution in [0.25, 0.3) is 0 Å². The number of nitrogens with zero attached hydrogens (tertiary/aromatic N) is 1. The number of primary amides is 1. The Labute approximate surface area is 175 Å². The molecule has 3 aromatic rings. The lowest BCUT2D eigenvalue weighted by atomic mass is 10.1. The maximum absolute atomic E-state index is 13.9. The average Bonchev–Trinajstić information content (AvgIpc) is 2.74. The van der Waals surface area contributed by atoms with E-state index in [9.17, 15) is 23.2 Å². The Bertz CT molecular complexity index is 1080. The molecule has 3 amide bonds. The molecule has 3 aromatic carbocycles. The van der Waals surface area contributed by atoms with Gasteiger partial charge in [0, 0.05) is 0 Å². The van der Waals surface area contributed by atoms with Crippen molar-refractivity contribution in [1.29, 1.82) is 0 Å². The van der Waals surface area contributed by atoms with Crippen LogP contribution < -0.4 is 15.4 Å². The van der Waals surface area contributed by atoms with E-state index >= 15 is 0 Å². The van der Waals surface area contributed by atoms with Crippen LogP contribution in [0, 0.1) is 11.6 Å². The molecule has 7 nitrogen and oxygen atoms in total. The molecular formula is C22H16F2N2O5. The molecule has 0 unspecified atom stereocenters. The minimum atomic E-state index is -1.28. The van der Waals surface area contributed by atoms with E-state index in [1.807, 2.05) is 6.07 Å². The molecular weight excluding hydrogens is 410 g/mol. The number of rotatable bonds is 5. The largest absolute Gasteiger partial charge is 0.514 e. The summed E-state index contributed by atoms with van der Waals surface area (Å²) in [5.74, 6) is -3.51. The Balaban J connectivity index is 1.71. The first kappa shape index (κ1) is 21.4. The Morgan fingerprint density at radius 1 is 0.839 bits per heavy atom. The number of ether oxygens (including phenoxy) is 2. The lowest BCUT2D eigenvalue weighted by Gasteiger charge is -2.19. The van der Waals surface area contributed by atoms with Gasteiger partial charge in [-0.2, -0.15) is 0 Å². The summed E-state index contributed by atoms with van der Waals surface area (Å²) in [7, 11) is 0. The molecule has 0 aromatic heterocycles. The third kappa shape index (κ3) is 5.21. The van der Waals surface area contributed by atoms with Gasteiger partial charge in [-0.05, 0) is 42.0 Å². The molecule has 0 saturated heterocycles. The number of hydrogen-bond acceptors (Lipinski definition) is 5. The molecule has 0 aliphatic carbocycles. The average molecular weight is 426 g/mol. The SMILES string of the molecule is NC(=O)N(C(=O)c1c(F)cccc1F)c1ccc(OC(=O)OCc2ccccc2)cc1. The van der Waals surface area contributed by atoms with Crippen molar-refractivity contribution in [2.24, 2.45) is 5.73 Å². The molecule has 0 radical (unpaired) electrons. The fourth-order valence-electron chi connectivity index (χ4n) is 2.66. The second kappa shape index (κ2) is 9.49. The van der Waals surface area contributed by atoms with E-state index < -0.39 is 35.3 Å². The molecule has 31 heavy (non-hydrogen) atoms. The van der Waals surface area contributed by atoms with Gasteiger partial charge in [-0.1, -0.05) is 36.4 Å². The molecule has 0 heterocycles. The van der Waals surface area contributed by atoms with Crippen LogP contribution in [0.1, 0.15) is 15.9 Å². The third-order valence-electron chi connectivity index (χ3n) is 4.10. The Hall–Kier alpha value is -4.27. The van der Waals surface area contributed by atoms with Crippen LogP contribution in [0.5, 0.6) is 5.75 Å². The maximum atomic E-state index is 13.9. The van der Waals surface area contributed by atoms with Crippen molar-refractivity contribution in [3.8, 4) is 5.75 Å². The summed E-state index contributed by atoms with van der Waals surface area (Å²) in [4.78, 5) is 36.6. The zero-order chi connectivity index (χ0) is 22.4. The monoisotopic (exact) mass is 426 g/mol. The van der Waals surface area contributed by atoms with E-state index in [-0.39, 0.29) is 18.0 Å². The second-order valence-electron chi connectivity index (χ2n) is 6.20. The van der Waals surface area contributed by atoms with Crippen LogP contribution in [0.15, 0.2) is 72.8 Å². The first-order chi connectivity index (χ1) is 14.9. The summed E-state index contributed by atoms with van der Waals surface area (Å²) in [6.07, 6.45) is -0.965. The number of amides is 3. The van der Waals surface area contributed by atoms with Crippen LogP contribution in [-0.2, 0) is 11.3 Å². The number of hydrogen-bond donors (Lipinski definition) is 1. The summed E-state index contributed by atoms with van der Waals surface area (Å²) in [5.41, 5.74) is 5.00. The van der Waals surface area contributed by atoms with Gasteiger partial charge in [0.15, 0.2) is 0 Å². The van der Waals surface area contributed by atoms with E-state index in [0.717, 1.165) is 23.8 Å². The lowest BCUT2D eigenvalue weighted by molar-refractivity contribution is 0.0925. The summed E-state index contributed by atoms with van der Waals surface area (Å²) in [6, 6.07) is 15.5. The number of carbonyl (C=O) groups is 3. The molecule has 0 atom stereocenters. The number of urea groups is 1. The van der Waals surface area contributed by atoms with Crippen LogP contribution in [0.2, 0.25) is 0 Å². The normalized spacial score (nSPS) is 10.3. The summed E-state index contributed by atoms with van der Waals surface area (Å²) in [5, 5.41) is 0. The van der Waals surface area contributed by atoms with Crippen molar-refractivity contribution < 1.29 is 32.6 Å². The number of imide groups is 1. The van der Waals surface area contributed by atoms with Gasteiger partial charge in [-0.15, -0.1) is 0 Å². The molecule has 158 valence electrons. The molecule has 0 saturated carbocycles. The van der Waals surface area contributed by atoms with E-state index in [4.69, 9.17) is 15.2 Å².